The molecule has 114 valence electrons. The Bertz CT molecular complexity index is 644. The third-order valence-electron chi connectivity index (χ3n) is 3.63. The van der Waals surface area contributed by atoms with Gasteiger partial charge in [-0.1, -0.05) is 0 Å². The first kappa shape index (κ1) is 15.8. The molecule has 1 saturated heterocycles. The van der Waals surface area contributed by atoms with Crippen LogP contribution in [0.2, 0.25) is 0 Å². The first-order chi connectivity index (χ1) is 9.98. The Morgan fingerprint density at radius 1 is 1.29 bits per heavy atom. The van der Waals surface area contributed by atoms with E-state index in [1.165, 1.54) is 4.31 Å². The van der Waals surface area contributed by atoms with Crippen LogP contribution in [0.1, 0.15) is 5.56 Å². The third-order valence-corrected chi connectivity index (χ3v) is 5.52. The van der Waals surface area contributed by atoms with Gasteiger partial charge in [0.1, 0.15) is 5.75 Å². The Labute approximate surface area is 125 Å². The lowest BCUT2D eigenvalue weighted by Gasteiger charge is -2.32. The van der Waals surface area contributed by atoms with Crippen LogP contribution in [0.3, 0.4) is 0 Å². The van der Waals surface area contributed by atoms with Crippen LogP contribution in [0.5, 0.6) is 5.75 Å². The topological polar surface area (TPSA) is 73.6 Å². The molecule has 0 aliphatic carbocycles. The summed E-state index contributed by atoms with van der Waals surface area (Å²) in [5, 5.41) is 8.67. The van der Waals surface area contributed by atoms with E-state index in [4.69, 9.17) is 10.00 Å². The van der Waals surface area contributed by atoms with Gasteiger partial charge in [0.25, 0.3) is 0 Å². The van der Waals surface area contributed by atoms with E-state index in [2.05, 4.69) is 6.07 Å². The third kappa shape index (κ3) is 3.35. The van der Waals surface area contributed by atoms with Gasteiger partial charge in [-0.3, -0.25) is 4.90 Å². The molecule has 1 fully saturated rings. The smallest absolute Gasteiger partial charge is 0.243 e. The number of benzene rings is 1. The van der Waals surface area contributed by atoms with E-state index in [-0.39, 0.29) is 4.90 Å². The summed E-state index contributed by atoms with van der Waals surface area (Å²) < 4.78 is 31.8. The minimum Gasteiger partial charge on any atom is -0.496 e. The number of nitriles is 1. The van der Waals surface area contributed by atoms with Gasteiger partial charge in [0.2, 0.25) is 10.0 Å². The fourth-order valence-corrected chi connectivity index (χ4v) is 3.90. The molecule has 1 aliphatic rings. The SMILES string of the molecule is COc1ccc(S(=O)(=O)N2CCN(CC#N)CC2)cc1C. The van der Waals surface area contributed by atoms with Gasteiger partial charge in [-0.25, -0.2) is 8.42 Å². The largest absolute Gasteiger partial charge is 0.496 e. The molecule has 6 nitrogen and oxygen atoms in total. The Morgan fingerprint density at radius 2 is 1.95 bits per heavy atom. The van der Waals surface area contributed by atoms with Crippen molar-refractivity contribution in [2.24, 2.45) is 0 Å². The quantitative estimate of drug-likeness (QED) is 0.770. The second kappa shape index (κ2) is 6.43. The van der Waals surface area contributed by atoms with Crippen molar-refractivity contribution < 1.29 is 13.2 Å². The highest BCUT2D eigenvalue weighted by Crippen LogP contribution is 2.24. The average molecular weight is 309 g/mol. The summed E-state index contributed by atoms with van der Waals surface area (Å²) in [5.74, 6) is 0.674. The summed E-state index contributed by atoms with van der Waals surface area (Å²) in [4.78, 5) is 2.24. The Kier molecular flexibility index (Phi) is 4.83. The fourth-order valence-electron chi connectivity index (χ4n) is 2.39. The predicted octanol–water partition coefficient (Wildman–Crippen LogP) is 0.833. The molecule has 1 aromatic rings. The minimum absolute atomic E-state index is 0.287. The number of ether oxygens (including phenoxy) is 1. The van der Waals surface area contributed by atoms with Crippen LogP contribution < -0.4 is 4.74 Å². The first-order valence-corrected chi connectivity index (χ1v) is 8.17. The van der Waals surface area contributed by atoms with Gasteiger partial charge in [-0.2, -0.15) is 9.57 Å². The molecule has 0 N–H and O–H groups in total. The lowest BCUT2D eigenvalue weighted by atomic mass is 10.2. The van der Waals surface area contributed by atoms with Crippen LogP contribution in [0.15, 0.2) is 23.1 Å². The molecule has 0 atom stereocenters. The van der Waals surface area contributed by atoms with Crippen LogP contribution in [0.25, 0.3) is 0 Å². The number of hydrogen-bond donors (Lipinski definition) is 0. The maximum Gasteiger partial charge on any atom is 0.243 e. The van der Waals surface area contributed by atoms with Crippen molar-refractivity contribution in [3.05, 3.63) is 23.8 Å². The van der Waals surface area contributed by atoms with Crippen LogP contribution in [0.4, 0.5) is 0 Å². The lowest BCUT2D eigenvalue weighted by molar-refractivity contribution is 0.206. The molecule has 0 spiro atoms. The number of aryl methyl sites for hydroxylation is 1. The molecule has 0 amide bonds. The Morgan fingerprint density at radius 3 is 2.48 bits per heavy atom. The summed E-state index contributed by atoms with van der Waals surface area (Å²) in [7, 11) is -1.92. The number of rotatable bonds is 4. The fraction of sp³-hybridized carbons (Fsp3) is 0.500. The second-order valence-electron chi connectivity index (χ2n) is 4.97. The zero-order chi connectivity index (χ0) is 15.5. The van der Waals surface area contributed by atoms with E-state index in [0.29, 0.717) is 38.5 Å². The van der Waals surface area contributed by atoms with Crippen molar-refractivity contribution in [3.8, 4) is 11.8 Å². The predicted molar refractivity (Wildman–Crippen MR) is 78.5 cm³/mol. The summed E-state index contributed by atoms with van der Waals surface area (Å²) in [6.45, 7) is 4.16. The first-order valence-electron chi connectivity index (χ1n) is 6.73. The number of hydrogen-bond acceptors (Lipinski definition) is 5. The van der Waals surface area contributed by atoms with Crippen LogP contribution in [0, 0.1) is 18.3 Å². The molecule has 1 aromatic carbocycles. The van der Waals surface area contributed by atoms with Crippen LogP contribution in [-0.4, -0.2) is 57.5 Å². The van der Waals surface area contributed by atoms with E-state index in [9.17, 15) is 8.42 Å². The Hall–Kier alpha value is -1.62. The average Bonchev–Trinajstić information content (AvgIpc) is 2.48. The summed E-state index contributed by atoms with van der Waals surface area (Å²) in [6, 6.07) is 6.97. The monoisotopic (exact) mass is 309 g/mol. The Balaban J connectivity index is 2.16. The molecule has 7 heteroatoms. The van der Waals surface area contributed by atoms with Crippen molar-refractivity contribution in [1.82, 2.24) is 9.21 Å². The van der Waals surface area contributed by atoms with Crippen molar-refractivity contribution in [3.63, 3.8) is 0 Å². The van der Waals surface area contributed by atoms with Gasteiger partial charge in [0.05, 0.1) is 24.6 Å². The molecular weight excluding hydrogens is 290 g/mol. The molecular formula is C14H19N3O3S. The molecule has 0 bridgehead atoms. The molecule has 0 aromatic heterocycles. The molecule has 2 rings (SSSR count). The zero-order valence-electron chi connectivity index (χ0n) is 12.2. The van der Waals surface area contributed by atoms with Crippen LogP contribution in [-0.2, 0) is 10.0 Å². The van der Waals surface area contributed by atoms with E-state index < -0.39 is 10.0 Å². The number of methoxy groups -OCH3 is 1. The van der Waals surface area contributed by atoms with E-state index >= 15 is 0 Å². The van der Waals surface area contributed by atoms with E-state index in [0.717, 1.165) is 5.56 Å². The molecule has 1 heterocycles. The van der Waals surface area contributed by atoms with E-state index in [1.54, 1.807) is 25.3 Å². The van der Waals surface area contributed by atoms with E-state index in [1.807, 2.05) is 11.8 Å². The lowest BCUT2D eigenvalue weighted by Crippen LogP contribution is -2.48. The van der Waals surface area contributed by atoms with Gasteiger partial charge in [0.15, 0.2) is 0 Å². The molecule has 0 saturated carbocycles. The van der Waals surface area contributed by atoms with Gasteiger partial charge in [0, 0.05) is 26.2 Å². The van der Waals surface area contributed by atoms with Crippen LogP contribution >= 0.6 is 0 Å². The highest BCUT2D eigenvalue weighted by molar-refractivity contribution is 7.89. The van der Waals surface area contributed by atoms with Gasteiger partial charge < -0.3 is 4.74 Å². The summed E-state index contributed by atoms with van der Waals surface area (Å²) in [5.41, 5.74) is 0.793. The van der Waals surface area contributed by atoms with Gasteiger partial charge in [-0.15, -0.1) is 0 Å². The van der Waals surface area contributed by atoms with Crippen molar-refractivity contribution in [1.29, 1.82) is 5.26 Å². The zero-order valence-corrected chi connectivity index (χ0v) is 13.1. The standard InChI is InChI=1S/C14H19N3O3S/c1-12-11-13(3-4-14(12)20-2)21(18,19)17-9-7-16(6-5-15)8-10-17/h3-4,11H,6-10H2,1-2H3. The van der Waals surface area contributed by atoms with Gasteiger partial charge in [-0.05, 0) is 30.7 Å². The highest BCUT2D eigenvalue weighted by atomic mass is 32.2. The minimum atomic E-state index is -3.48. The number of nitrogens with zero attached hydrogens (tertiary/aromatic N) is 3. The normalized spacial score (nSPS) is 17.4. The molecule has 1 aliphatic heterocycles. The maximum absolute atomic E-state index is 12.6. The molecule has 21 heavy (non-hydrogen) atoms. The number of sulfonamides is 1. The molecule has 0 unspecified atom stereocenters. The molecule has 0 radical (unpaired) electrons. The van der Waals surface area contributed by atoms with Crippen molar-refractivity contribution in [2.75, 3.05) is 39.8 Å². The second-order valence-corrected chi connectivity index (χ2v) is 6.91. The highest BCUT2D eigenvalue weighted by Gasteiger charge is 2.28. The van der Waals surface area contributed by atoms with Crippen molar-refractivity contribution >= 4 is 10.0 Å². The number of piperazine rings is 1. The van der Waals surface area contributed by atoms with Crippen molar-refractivity contribution in [2.45, 2.75) is 11.8 Å². The summed E-state index contributed by atoms with van der Waals surface area (Å²) in [6.07, 6.45) is 0. The summed E-state index contributed by atoms with van der Waals surface area (Å²) >= 11 is 0. The maximum atomic E-state index is 12.6. The van der Waals surface area contributed by atoms with Gasteiger partial charge >= 0.3 is 0 Å².